The number of benzene rings is 1. The highest BCUT2D eigenvalue weighted by atomic mass is 15.3. The molecule has 2 aliphatic heterocycles. The summed E-state index contributed by atoms with van der Waals surface area (Å²) in [5.41, 5.74) is 11.4. The van der Waals surface area contributed by atoms with Crippen molar-refractivity contribution in [2.24, 2.45) is 11.1 Å². The van der Waals surface area contributed by atoms with Crippen LogP contribution in [0.25, 0.3) is 17.7 Å². The average Bonchev–Trinajstić information content (AvgIpc) is 2.58. The Morgan fingerprint density at radius 3 is 2.36 bits per heavy atom. The maximum absolute atomic E-state index is 6.41. The molecule has 2 nitrogen and oxygen atoms in total. The zero-order chi connectivity index (χ0) is 18.4. The van der Waals surface area contributed by atoms with Crippen molar-refractivity contribution in [3.8, 4) is 0 Å². The van der Waals surface area contributed by atoms with Gasteiger partial charge in [0.15, 0.2) is 0 Å². The molecule has 2 N–H and O–H groups in total. The fraction of sp³-hybridized carbons (Fsp3) is 0.478. The third-order valence-electron chi connectivity index (χ3n) is 6.48. The van der Waals surface area contributed by atoms with Crippen molar-refractivity contribution in [1.82, 2.24) is 4.90 Å². The first-order chi connectivity index (χ1) is 11.7. The summed E-state index contributed by atoms with van der Waals surface area (Å²) < 4.78 is 0. The van der Waals surface area contributed by atoms with Crippen molar-refractivity contribution in [1.29, 1.82) is 0 Å². The molecular formula is C23H32N2. The van der Waals surface area contributed by atoms with Crippen LogP contribution in [0.1, 0.15) is 57.2 Å². The number of hydrogen-bond donors (Lipinski definition) is 1. The summed E-state index contributed by atoms with van der Waals surface area (Å²) in [6, 6.07) is 7.83. The van der Waals surface area contributed by atoms with Gasteiger partial charge in [-0.3, -0.25) is 4.90 Å². The lowest BCUT2D eigenvalue weighted by molar-refractivity contribution is -0.0130. The fourth-order valence-electron chi connectivity index (χ4n) is 3.86. The Morgan fingerprint density at radius 1 is 1.16 bits per heavy atom. The van der Waals surface area contributed by atoms with Gasteiger partial charge in [-0.15, -0.1) is 0 Å². The van der Waals surface area contributed by atoms with E-state index in [2.05, 4.69) is 70.0 Å². The molecule has 1 aliphatic carbocycles. The lowest BCUT2D eigenvalue weighted by atomic mass is 9.71. The lowest BCUT2D eigenvalue weighted by Crippen LogP contribution is -2.63. The molecule has 2 bridgehead atoms. The average molecular weight is 337 g/mol. The van der Waals surface area contributed by atoms with E-state index < -0.39 is 0 Å². The summed E-state index contributed by atoms with van der Waals surface area (Å²) in [5.74, 6) is 0. The van der Waals surface area contributed by atoms with Crippen LogP contribution in [0.15, 0.2) is 37.4 Å². The molecule has 1 fully saturated rings. The lowest BCUT2D eigenvalue weighted by Gasteiger charge is -2.56. The van der Waals surface area contributed by atoms with Gasteiger partial charge in [0.2, 0.25) is 0 Å². The molecule has 2 unspecified atom stereocenters. The Labute approximate surface area is 153 Å². The molecule has 3 aliphatic rings. The second kappa shape index (κ2) is 6.26. The van der Waals surface area contributed by atoms with E-state index in [9.17, 15) is 0 Å². The van der Waals surface area contributed by atoms with E-state index >= 15 is 0 Å². The van der Waals surface area contributed by atoms with Crippen LogP contribution in [0, 0.1) is 5.41 Å². The first-order valence-electron chi connectivity index (χ1n) is 9.31. The minimum absolute atomic E-state index is 0.0941. The first kappa shape index (κ1) is 18.2. The molecule has 0 saturated carbocycles. The molecule has 134 valence electrons. The summed E-state index contributed by atoms with van der Waals surface area (Å²) in [5, 5.41) is 0. The topological polar surface area (TPSA) is 29.3 Å². The predicted octanol–water partition coefficient (Wildman–Crippen LogP) is 4.97. The summed E-state index contributed by atoms with van der Waals surface area (Å²) in [6.07, 6.45) is 8.69. The molecule has 0 spiro atoms. The van der Waals surface area contributed by atoms with Crippen LogP contribution in [0.4, 0.5) is 0 Å². The van der Waals surface area contributed by atoms with E-state index in [0.717, 1.165) is 24.1 Å². The van der Waals surface area contributed by atoms with Gasteiger partial charge in [-0.25, -0.2) is 0 Å². The van der Waals surface area contributed by atoms with Gasteiger partial charge in [0.05, 0.1) is 0 Å². The van der Waals surface area contributed by atoms with Gasteiger partial charge in [-0.1, -0.05) is 57.4 Å². The number of nitrogens with two attached hydrogens (primary N) is 1. The standard InChI is InChI=1S/C23H32N2/c1-7-16-9-10-18(11-17(16)8-2)19-12-20-14-21(13-19)25(20)15-22(3,4)23(5,6)24/h7-12,20-21H,1-2,13-15,24H2,3-6H3. The maximum atomic E-state index is 6.41. The van der Waals surface area contributed by atoms with Gasteiger partial charge >= 0.3 is 0 Å². The predicted molar refractivity (Wildman–Crippen MR) is 110 cm³/mol. The highest BCUT2D eigenvalue weighted by Gasteiger charge is 2.45. The van der Waals surface area contributed by atoms with E-state index in [1.54, 1.807) is 0 Å². The molecule has 1 aromatic rings. The van der Waals surface area contributed by atoms with E-state index in [1.165, 1.54) is 17.6 Å². The van der Waals surface area contributed by atoms with Crippen molar-refractivity contribution in [2.75, 3.05) is 6.54 Å². The molecule has 0 radical (unpaired) electrons. The van der Waals surface area contributed by atoms with Crippen LogP contribution in [0.5, 0.6) is 0 Å². The van der Waals surface area contributed by atoms with Gasteiger partial charge < -0.3 is 5.73 Å². The van der Waals surface area contributed by atoms with Crippen molar-refractivity contribution in [2.45, 2.75) is 58.2 Å². The zero-order valence-corrected chi connectivity index (χ0v) is 16.2. The second-order valence-electron chi connectivity index (χ2n) is 8.88. The van der Waals surface area contributed by atoms with E-state index in [4.69, 9.17) is 5.73 Å². The summed E-state index contributed by atoms with van der Waals surface area (Å²) in [6.45, 7) is 17.7. The molecule has 1 aromatic carbocycles. The molecule has 4 rings (SSSR count). The molecule has 2 heteroatoms. The van der Waals surface area contributed by atoms with Gasteiger partial charge in [0.25, 0.3) is 0 Å². The van der Waals surface area contributed by atoms with Crippen LogP contribution in [0.3, 0.4) is 0 Å². The minimum atomic E-state index is -0.178. The van der Waals surface area contributed by atoms with E-state index in [0.29, 0.717) is 12.1 Å². The largest absolute Gasteiger partial charge is 0.325 e. The number of hydrogen-bond acceptors (Lipinski definition) is 2. The molecule has 2 atom stereocenters. The van der Waals surface area contributed by atoms with Gasteiger partial charge in [0, 0.05) is 24.2 Å². The van der Waals surface area contributed by atoms with Crippen molar-refractivity contribution < 1.29 is 0 Å². The smallest absolute Gasteiger partial charge is 0.0302 e. The Bertz CT molecular complexity index is 718. The van der Waals surface area contributed by atoms with E-state index in [-0.39, 0.29) is 11.0 Å². The maximum Gasteiger partial charge on any atom is 0.0302 e. The van der Waals surface area contributed by atoms with Crippen LogP contribution in [-0.2, 0) is 0 Å². The number of fused-ring (bicyclic) bond motifs is 1. The minimum Gasteiger partial charge on any atom is -0.325 e. The van der Waals surface area contributed by atoms with Crippen molar-refractivity contribution in [3.05, 3.63) is 54.1 Å². The molecular weight excluding hydrogens is 304 g/mol. The highest BCUT2D eigenvalue weighted by Crippen LogP contribution is 2.44. The molecule has 1 saturated heterocycles. The highest BCUT2D eigenvalue weighted by molar-refractivity contribution is 5.74. The van der Waals surface area contributed by atoms with Gasteiger partial charge in [-0.05, 0) is 60.4 Å². The van der Waals surface area contributed by atoms with Crippen LogP contribution in [0.2, 0.25) is 0 Å². The Kier molecular flexibility index (Phi) is 4.55. The Hall–Kier alpha value is -1.64. The zero-order valence-electron chi connectivity index (χ0n) is 16.2. The van der Waals surface area contributed by atoms with Gasteiger partial charge in [0.1, 0.15) is 0 Å². The molecule has 25 heavy (non-hydrogen) atoms. The molecule has 0 aromatic heterocycles. The quantitative estimate of drug-likeness (QED) is 0.795. The summed E-state index contributed by atoms with van der Waals surface area (Å²) >= 11 is 0. The summed E-state index contributed by atoms with van der Waals surface area (Å²) in [4.78, 5) is 2.64. The summed E-state index contributed by atoms with van der Waals surface area (Å²) in [7, 11) is 0. The normalized spacial score (nSPS) is 23.6. The van der Waals surface area contributed by atoms with Crippen LogP contribution >= 0.6 is 0 Å². The first-order valence-corrected chi connectivity index (χ1v) is 9.31. The Morgan fingerprint density at radius 2 is 1.84 bits per heavy atom. The Balaban J connectivity index is 1.79. The molecule has 0 amide bonds. The van der Waals surface area contributed by atoms with E-state index in [1.807, 2.05) is 12.2 Å². The van der Waals surface area contributed by atoms with Crippen LogP contribution in [-0.4, -0.2) is 29.1 Å². The van der Waals surface area contributed by atoms with Crippen LogP contribution < -0.4 is 5.73 Å². The SMILES string of the molecule is C=Cc1ccc(C2=CC3CC(C2)N3CC(C)(C)C(C)(C)N)cc1C=C. The second-order valence-corrected chi connectivity index (χ2v) is 8.88. The monoisotopic (exact) mass is 336 g/mol. The third kappa shape index (κ3) is 3.26. The van der Waals surface area contributed by atoms with Crippen molar-refractivity contribution >= 4 is 17.7 Å². The molecule has 2 heterocycles. The fourth-order valence-corrected chi connectivity index (χ4v) is 3.86. The number of rotatable bonds is 6. The third-order valence-corrected chi connectivity index (χ3v) is 6.48. The van der Waals surface area contributed by atoms with Crippen molar-refractivity contribution in [3.63, 3.8) is 0 Å². The number of nitrogens with zero attached hydrogens (tertiary/aromatic N) is 1. The van der Waals surface area contributed by atoms with Gasteiger partial charge in [-0.2, -0.15) is 0 Å².